The highest BCUT2D eigenvalue weighted by molar-refractivity contribution is 5.75. The molecule has 2 fully saturated rings. The molecule has 10 heteroatoms. The van der Waals surface area contributed by atoms with Crippen LogP contribution in [0.4, 0.5) is 4.79 Å². The molecule has 1 aromatic carbocycles. The first-order valence-electron chi connectivity index (χ1n) is 15.0. The summed E-state index contributed by atoms with van der Waals surface area (Å²) in [5.74, 6) is 0.227. The molecule has 41 heavy (non-hydrogen) atoms. The van der Waals surface area contributed by atoms with Gasteiger partial charge >= 0.3 is 6.03 Å². The highest BCUT2D eigenvalue weighted by atomic mass is 16.2. The molecule has 0 saturated carbocycles. The van der Waals surface area contributed by atoms with Gasteiger partial charge in [-0.15, -0.1) is 5.10 Å². The van der Waals surface area contributed by atoms with Crippen molar-refractivity contribution in [3.8, 4) is 0 Å². The lowest BCUT2D eigenvalue weighted by Crippen LogP contribution is -2.57. The molecule has 0 bridgehead atoms. The summed E-state index contributed by atoms with van der Waals surface area (Å²) in [6, 6.07) is 11.0. The molecule has 1 aromatic heterocycles. The van der Waals surface area contributed by atoms with Crippen LogP contribution < -0.4 is 16.0 Å². The van der Waals surface area contributed by atoms with Crippen LogP contribution in [0.1, 0.15) is 59.2 Å². The summed E-state index contributed by atoms with van der Waals surface area (Å²) in [6.45, 7) is 16.4. The van der Waals surface area contributed by atoms with E-state index in [1.54, 1.807) is 0 Å². The van der Waals surface area contributed by atoms with Crippen LogP contribution in [0, 0.1) is 11.3 Å². The lowest BCUT2D eigenvalue weighted by molar-refractivity contribution is -0.112. The molecule has 5 atom stereocenters. The van der Waals surface area contributed by atoms with Crippen LogP contribution in [-0.4, -0.2) is 100 Å². The number of benzene rings is 1. The van der Waals surface area contributed by atoms with Gasteiger partial charge in [0.1, 0.15) is 6.29 Å². The molecular formula is C31H50N8O2. The molecule has 2 aromatic rings. The van der Waals surface area contributed by atoms with Gasteiger partial charge in [-0.1, -0.05) is 56.3 Å². The number of fused-ring (bicyclic) bond motifs is 1. The molecule has 2 aliphatic heterocycles. The van der Waals surface area contributed by atoms with Crippen LogP contribution in [0.25, 0.3) is 0 Å². The summed E-state index contributed by atoms with van der Waals surface area (Å²) < 4.78 is 1.96. The summed E-state index contributed by atoms with van der Waals surface area (Å²) >= 11 is 0. The second kappa shape index (κ2) is 13.0. The zero-order chi connectivity index (χ0) is 29.8. The number of likely N-dealkylation sites (tertiary alicyclic amines) is 2. The Morgan fingerprint density at radius 3 is 2.54 bits per heavy atom. The molecule has 4 rings (SSSR count). The van der Waals surface area contributed by atoms with E-state index in [1.807, 2.05) is 50.7 Å². The van der Waals surface area contributed by atoms with Crippen molar-refractivity contribution in [2.75, 3.05) is 33.2 Å². The van der Waals surface area contributed by atoms with Crippen molar-refractivity contribution in [3.63, 3.8) is 0 Å². The molecule has 226 valence electrons. The van der Waals surface area contributed by atoms with E-state index >= 15 is 0 Å². The first-order chi connectivity index (χ1) is 19.4. The van der Waals surface area contributed by atoms with E-state index in [0.717, 1.165) is 37.9 Å². The van der Waals surface area contributed by atoms with Crippen LogP contribution >= 0.6 is 0 Å². The fourth-order valence-corrected chi connectivity index (χ4v) is 6.21. The first-order valence-corrected chi connectivity index (χ1v) is 15.0. The van der Waals surface area contributed by atoms with Crippen LogP contribution in [0.2, 0.25) is 0 Å². The van der Waals surface area contributed by atoms with E-state index in [-0.39, 0.29) is 41.5 Å². The Kier molecular flexibility index (Phi) is 9.87. The Bertz CT molecular complexity index is 1150. The van der Waals surface area contributed by atoms with E-state index in [4.69, 9.17) is 0 Å². The van der Waals surface area contributed by atoms with E-state index in [9.17, 15) is 9.59 Å². The van der Waals surface area contributed by atoms with Crippen LogP contribution in [0.15, 0.2) is 36.5 Å². The van der Waals surface area contributed by atoms with Gasteiger partial charge in [0.05, 0.1) is 17.3 Å². The zero-order valence-corrected chi connectivity index (χ0v) is 25.9. The summed E-state index contributed by atoms with van der Waals surface area (Å²) in [4.78, 5) is 29.6. The predicted molar refractivity (Wildman–Crippen MR) is 162 cm³/mol. The number of aldehydes is 1. The third-order valence-electron chi connectivity index (χ3n) is 8.76. The zero-order valence-electron chi connectivity index (χ0n) is 25.9. The standard InChI is InChI=1S/C31H50N8O2/c1-22(2)34-29(41)39-17-24(16-38-18-25(35-36-38)15-23-11-9-8-10-12-23)28-26(39)13-14-37(28)19-27(30(3,4)5)33-20-31(6,21-40)32-7/h8-12,18,21-22,24,26-28,32-33H,13-17,19-20H2,1-7H3,(H,34,41). The number of amides is 2. The van der Waals surface area contributed by atoms with Gasteiger partial charge in [-0.05, 0) is 45.2 Å². The molecule has 0 aliphatic carbocycles. The normalized spacial score (nSPS) is 23.4. The quantitative estimate of drug-likeness (QED) is 0.339. The highest BCUT2D eigenvalue weighted by Gasteiger charge is 2.51. The predicted octanol–water partition coefficient (Wildman–Crippen LogP) is 2.54. The number of hydrogen-bond acceptors (Lipinski definition) is 7. The summed E-state index contributed by atoms with van der Waals surface area (Å²) in [5.41, 5.74) is 1.52. The molecule has 5 unspecified atom stereocenters. The summed E-state index contributed by atoms with van der Waals surface area (Å²) in [7, 11) is 1.82. The summed E-state index contributed by atoms with van der Waals surface area (Å²) in [5, 5.41) is 18.9. The van der Waals surface area contributed by atoms with Gasteiger partial charge in [0.15, 0.2) is 0 Å². The third-order valence-corrected chi connectivity index (χ3v) is 8.76. The molecule has 0 radical (unpaired) electrons. The van der Waals surface area contributed by atoms with Gasteiger partial charge < -0.3 is 25.6 Å². The van der Waals surface area contributed by atoms with Crippen molar-refractivity contribution in [1.29, 1.82) is 0 Å². The number of rotatable bonds is 12. The average molecular weight is 567 g/mol. The number of hydrogen-bond donors (Lipinski definition) is 3. The fourth-order valence-electron chi connectivity index (χ4n) is 6.21. The fraction of sp³-hybridized carbons (Fsp3) is 0.677. The van der Waals surface area contributed by atoms with Crippen LogP contribution in [0.3, 0.4) is 0 Å². The molecule has 3 N–H and O–H groups in total. The summed E-state index contributed by atoms with van der Waals surface area (Å²) in [6.07, 6.45) is 4.73. The van der Waals surface area contributed by atoms with Gasteiger partial charge in [-0.3, -0.25) is 9.58 Å². The number of nitrogens with one attached hydrogen (secondary N) is 3. The van der Waals surface area contributed by atoms with Crippen molar-refractivity contribution >= 4 is 12.3 Å². The van der Waals surface area contributed by atoms with Gasteiger partial charge in [0.25, 0.3) is 0 Å². The maximum atomic E-state index is 13.3. The maximum Gasteiger partial charge on any atom is 0.317 e. The second-order valence-corrected chi connectivity index (χ2v) is 13.5. The minimum absolute atomic E-state index is 0.0172. The number of urea groups is 1. The van der Waals surface area contributed by atoms with E-state index in [2.05, 4.69) is 75.2 Å². The molecule has 10 nitrogen and oxygen atoms in total. The largest absolute Gasteiger partial charge is 0.336 e. The highest BCUT2D eigenvalue weighted by Crippen LogP contribution is 2.37. The maximum absolute atomic E-state index is 13.3. The molecule has 2 saturated heterocycles. The van der Waals surface area contributed by atoms with E-state index in [0.29, 0.717) is 19.6 Å². The lowest BCUT2D eigenvalue weighted by atomic mass is 9.85. The number of likely N-dealkylation sites (N-methyl/N-ethyl adjacent to an activating group) is 1. The molecule has 2 aliphatic rings. The van der Waals surface area contributed by atoms with E-state index in [1.165, 1.54) is 5.56 Å². The Morgan fingerprint density at radius 2 is 1.90 bits per heavy atom. The third kappa shape index (κ3) is 7.72. The lowest BCUT2D eigenvalue weighted by Gasteiger charge is -2.39. The van der Waals surface area contributed by atoms with Crippen molar-refractivity contribution in [2.24, 2.45) is 11.3 Å². The van der Waals surface area contributed by atoms with Crippen LogP contribution in [-0.2, 0) is 17.8 Å². The Hall–Kier alpha value is -2.82. The van der Waals surface area contributed by atoms with Crippen LogP contribution in [0.5, 0.6) is 0 Å². The van der Waals surface area contributed by atoms with Gasteiger partial charge in [0, 0.05) is 69.4 Å². The number of aromatic nitrogens is 3. The monoisotopic (exact) mass is 566 g/mol. The van der Waals surface area contributed by atoms with Gasteiger partial charge in [-0.2, -0.15) is 0 Å². The molecule has 3 heterocycles. The Labute approximate surface area is 245 Å². The first kappa shape index (κ1) is 31.1. The minimum atomic E-state index is -0.622. The number of carbonyl (C=O) groups excluding carboxylic acids is 2. The average Bonchev–Trinajstić information content (AvgIpc) is 3.63. The molecule has 2 amide bonds. The van der Waals surface area contributed by atoms with E-state index < -0.39 is 5.54 Å². The van der Waals surface area contributed by atoms with Gasteiger partial charge in [-0.25, -0.2) is 4.79 Å². The molecule has 0 spiro atoms. The van der Waals surface area contributed by atoms with Crippen molar-refractivity contribution in [3.05, 3.63) is 47.8 Å². The van der Waals surface area contributed by atoms with Crippen molar-refractivity contribution in [2.45, 2.75) is 90.6 Å². The number of nitrogens with zero attached hydrogens (tertiary/aromatic N) is 5. The van der Waals surface area contributed by atoms with Crippen molar-refractivity contribution in [1.82, 2.24) is 40.7 Å². The van der Waals surface area contributed by atoms with Crippen molar-refractivity contribution < 1.29 is 9.59 Å². The Morgan fingerprint density at radius 1 is 1.17 bits per heavy atom. The minimum Gasteiger partial charge on any atom is -0.336 e. The second-order valence-electron chi connectivity index (χ2n) is 13.5. The van der Waals surface area contributed by atoms with Gasteiger partial charge in [0.2, 0.25) is 0 Å². The molecular weight excluding hydrogens is 516 g/mol. The Balaban J connectivity index is 1.52. The SMILES string of the molecule is CNC(C)(C=O)CNC(CN1CCC2C1C(Cn1cc(Cc3ccccc3)nn1)CN2C(=O)NC(C)C)C(C)(C)C. The number of carbonyl (C=O) groups is 2. The topological polar surface area (TPSA) is 107 Å². The smallest absolute Gasteiger partial charge is 0.317 e.